The third-order valence-electron chi connectivity index (χ3n) is 3.89. The summed E-state index contributed by atoms with van der Waals surface area (Å²) in [5.41, 5.74) is 0. The lowest BCUT2D eigenvalue weighted by Crippen LogP contribution is -1.78. The zero-order valence-corrected chi connectivity index (χ0v) is 21.1. The molecule has 0 saturated heterocycles. The van der Waals surface area contributed by atoms with Gasteiger partial charge in [0.2, 0.25) is 0 Å². The molecule has 0 aliphatic heterocycles. The molecule has 0 bridgehead atoms. The van der Waals surface area contributed by atoms with Gasteiger partial charge < -0.3 is 10.2 Å². The molecular weight excluding hydrogens is 582 g/mol. The molecule has 2 N–H and O–H groups in total. The van der Waals surface area contributed by atoms with Crippen LogP contribution in [0.15, 0.2) is 113 Å². The molecule has 0 saturated carbocycles. The average molecular weight is 598 g/mol. The van der Waals surface area contributed by atoms with Crippen LogP contribution in [-0.2, 0) is 0 Å². The van der Waals surface area contributed by atoms with Gasteiger partial charge in [-0.2, -0.15) is 0 Å². The maximum absolute atomic E-state index is 13.0. The monoisotopic (exact) mass is 596 g/mol. The molecule has 0 aliphatic rings. The second kappa shape index (κ2) is 11.7. The van der Waals surface area contributed by atoms with Crippen molar-refractivity contribution in [3.8, 4) is 11.5 Å². The van der Waals surface area contributed by atoms with E-state index in [1.165, 1.54) is 47.8 Å². The van der Waals surface area contributed by atoms with Gasteiger partial charge in [0.15, 0.2) is 0 Å². The minimum atomic E-state index is -0.278. The van der Waals surface area contributed by atoms with Crippen molar-refractivity contribution in [3.05, 3.63) is 106 Å². The fourth-order valence-corrected chi connectivity index (χ4v) is 5.13. The third-order valence-corrected chi connectivity index (χ3v) is 6.97. The van der Waals surface area contributed by atoms with Crippen LogP contribution in [0.5, 0.6) is 11.5 Å². The first kappa shape index (κ1) is 24.6. The van der Waals surface area contributed by atoms with Crippen molar-refractivity contribution < 1.29 is 19.0 Å². The van der Waals surface area contributed by atoms with Gasteiger partial charge >= 0.3 is 0 Å². The van der Waals surface area contributed by atoms with E-state index in [1.54, 1.807) is 54.6 Å². The summed E-state index contributed by atoms with van der Waals surface area (Å²) < 4.78 is 27.6. The number of phenols is 2. The third kappa shape index (κ3) is 7.55. The van der Waals surface area contributed by atoms with Gasteiger partial charge in [-0.05, 0) is 72.8 Å². The van der Waals surface area contributed by atoms with Crippen molar-refractivity contribution >= 4 is 55.4 Å². The van der Waals surface area contributed by atoms with Crippen LogP contribution in [0.1, 0.15) is 0 Å². The van der Waals surface area contributed by atoms with E-state index in [9.17, 15) is 19.0 Å². The van der Waals surface area contributed by atoms with Crippen molar-refractivity contribution in [2.45, 2.75) is 19.6 Å². The molecule has 0 unspecified atom stereocenters. The van der Waals surface area contributed by atoms with Gasteiger partial charge in [-0.1, -0.05) is 67.5 Å². The van der Waals surface area contributed by atoms with E-state index in [1.807, 2.05) is 6.07 Å². The first-order valence-electron chi connectivity index (χ1n) is 9.14. The molecule has 0 atom stereocenters. The fraction of sp³-hybridized carbons (Fsp3) is 0. The van der Waals surface area contributed by atoms with E-state index >= 15 is 0 Å². The van der Waals surface area contributed by atoms with E-state index in [0.29, 0.717) is 9.79 Å². The van der Waals surface area contributed by atoms with Gasteiger partial charge in [-0.25, -0.2) is 8.78 Å². The van der Waals surface area contributed by atoms with Gasteiger partial charge in [0, 0.05) is 18.7 Å². The van der Waals surface area contributed by atoms with Crippen molar-refractivity contribution in [3.63, 3.8) is 0 Å². The van der Waals surface area contributed by atoms with Crippen LogP contribution in [0, 0.1) is 11.6 Å². The maximum atomic E-state index is 13.0. The summed E-state index contributed by atoms with van der Waals surface area (Å²) in [5.74, 6) is -0.179. The number of hydrogen-bond donors (Lipinski definition) is 2. The van der Waals surface area contributed by atoms with Crippen molar-refractivity contribution in [2.75, 3.05) is 0 Å². The SMILES string of the molecule is Oc1cc(Br)ccc1Sc1cccc(F)c1.Oc1ccc(Br)cc1Sc1cccc(F)c1. The summed E-state index contributed by atoms with van der Waals surface area (Å²) in [6, 6.07) is 22.9. The molecule has 8 heteroatoms. The molecule has 0 heterocycles. The van der Waals surface area contributed by atoms with Crippen LogP contribution >= 0.6 is 55.4 Å². The van der Waals surface area contributed by atoms with Crippen molar-refractivity contribution in [2.24, 2.45) is 0 Å². The van der Waals surface area contributed by atoms with Crippen LogP contribution in [0.25, 0.3) is 0 Å². The molecule has 4 rings (SSSR count). The molecule has 0 amide bonds. The van der Waals surface area contributed by atoms with Crippen LogP contribution in [0.3, 0.4) is 0 Å². The quantitative estimate of drug-likeness (QED) is 0.246. The number of hydrogen-bond acceptors (Lipinski definition) is 4. The predicted octanol–water partition coefficient (Wildman–Crippen LogP) is 8.89. The Morgan fingerprint density at radius 2 is 1.09 bits per heavy atom. The second-order valence-electron chi connectivity index (χ2n) is 6.34. The lowest BCUT2D eigenvalue weighted by atomic mass is 10.3. The highest BCUT2D eigenvalue weighted by Gasteiger charge is 2.06. The summed E-state index contributed by atoms with van der Waals surface area (Å²) in [6.07, 6.45) is 0. The Balaban J connectivity index is 0.000000181. The normalized spacial score (nSPS) is 10.4. The Labute approximate surface area is 210 Å². The molecule has 32 heavy (non-hydrogen) atoms. The first-order valence-corrected chi connectivity index (χ1v) is 12.4. The molecule has 0 fully saturated rings. The summed E-state index contributed by atoms with van der Waals surface area (Å²) >= 11 is 9.24. The fourth-order valence-electron chi connectivity index (χ4n) is 2.46. The number of rotatable bonds is 4. The highest BCUT2D eigenvalue weighted by Crippen LogP contribution is 2.37. The van der Waals surface area contributed by atoms with Gasteiger partial charge in [0.25, 0.3) is 0 Å². The summed E-state index contributed by atoms with van der Waals surface area (Å²) in [7, 11) is 0. The highest BCUT2D eigenvalue weighted by atomic mass is 79.9. The molecule has 2 nitrogen and oxygen atoms in total. The Morgan fingerprint density at radius 3 is 1.66 bits per heavy atom. The summed E-state index contributed by atoms with van der Waals surface area (Å²) in [4.78, 5) is 2.92. The van der Waals surface area contributed by atoms with Crippen molar-refractivity contribution in [1.82, 2.24) is 0 Å². The molecule has 0 spiro atoms. The van der Waals surface area contributed by atoms with Crippen molar-refractivity contribution in [1.29, 1.82) is 0 Å². The largest absolute Gasteiger partial charge is 0.507 e. The van der Waals surface area contributed by atoms with Crippen LogP contribution < -0.4 is 0 Å². The Kier molecular flexibility index (Phi) is 9.04. The molecule has 0 aliphatic carbocycles. The van der Waals surface area contributed by atoms with Gasteiger partial charge in [-0.15, -0.1) is 0 Å². The standard InChI is InChI=1S/2C12H8BrFOS/c13-8-4-5-12(11(15)6-8)16-10-3-1-2-9(14)7-10;13-8-4-5-11(15)12(6-8)16-10-3-1-2-9(14)7-10/h2*1-7,15H. The highest BCUT2D eigenvalue weighted by molar-refractivity contribution is 9.10. The zero-order chi connectivity index (χ0) is 23.1. The maximum Gasteiger partial charge on any atom is 0.130 e. The second-order valence-corrected chi connectivity index (χ2v) is 10.4. The molecular formula is C24H16Br2F2O2S2. The van der Waals surface area contributed by atoms with Gasteiger partial charge in [0.1, 0.15) is 23.1 Å². The minimum Gasteiger partial charge on any atom is -0.507 e. The first-order chi connectivity index (χ1) is 15.3. The molecule has 4 aromatic carbocycles. The number of aromatic hydroxyl groups is 2. The number of halogens is 4. The number of phenolic OH excluding ortho intramolecular Hbond substituents is 2. The average Bonchev–Trinajstić information content (AvgIpc) is 2.73. The summed E-state index contributed by atoms with van der Waals surface area (Å²) in [5, 5.41) is 19.3. The smallest absolute Gasteiger partial charge is 0.130 e. The topological polar surface area (TPSA) is 40.5 Å². The van der Waals surface area contributed by atoms with Crippen LogP contribution in [0.2, 0.25) is 0 Å². The minimum absolute atomic E-state index is 0.184. The lowest BCUT2D eigenvalue weighted by Gasteiger charge is -2.04. The molecule has 4 aromatic rings. The van der Waals surface area contributed by atoms with E-state index < -0.39 is 0 Å². The van der Waals surface area contributed by atoms with Crippen LogP contribution in [0.4, 0.5) is 8.78 Å². The van der Waals surface area contributed by atoms with E-state index in [0.717, 1.165) is 18.7 Å². The zero-order valence-electron chi connectivity index (χ0n) is 16.3. The van der Waals surface area contributed by atoms with E-state index in [2.05, 4.69) is 31.9 Å². The van der Waals surface area contributed by atoms with Crippen LogP contribution in [-0.4, -0.2) is 10.2 Å². The molecule has 0 aromatic heterocycles. The van der Waals surface area contributed by atoms with E-state index in [-0.39, 0.29) is 23.1 Å². The predicted molar refractivity (Wildman–Crippen MR) is 133 cm³/mol. The molecule has 0 radical (unpaired) electrons. The lowest BCUT2D eigenvalue weighted by molar-refractivity contribution is 0.461. The van der Waals surface area contributed by atoms with Gasteiger partial charge in [-0.3, -0.25) is 0 Å². The Hall–Kier alpha value is -2.00. The Bertz CT molecular complexity index is 1220. The van der Waals surface area contributed by atoms with Gasteiger partial charge in [0.05, 0.1) is 9.79 Å². The number of benzene rings is 4. The van der Waals surface area contributed by atoms with E-state index in [4.69, 9.17) is 0 Å². The summed E-state index contributed by atoms with van der Waals surface area (Å²) in [6.45, 7) is 0. The molecule has 164 valence electrons. The Morgan fingerprint density at radius 1 is 0.562 bits per heavy atom.